The maximum atomic E-state index is 11.9. The van der Waals surface area contributed by atoms with Crippen molar-refractivity contribution in [3.05, 3.63) is 30.3 Å². The summed E-state index contributed by atoms with van der Waals surface area (Å²) in [7, 11) is 0. The molecule has 20 heavy (non-hydrogen) atoms. The molecule has 1 amide bonds. The molecule has 1 N–H and O–H groups in total. The lowest BCUT2D eigenvalue weighted by Crippen LogP contribution is -2.30. The minimum atomic E-state index is -0.760. The van der Waals surface area contributed by atoms with Crippen LogP contribution in [0.5, 0.6) is 0 Å². The third-order valence-corrected chi connectivity index (χ3v) is 3.65. The minimum Gasteiger partial charge on any atom is -0.453 e. The Balaban J connectivity index is 1.77. The Morgan fingerprint density at radius 1 is 1.25 bits per heavy atom. The van der Waals surface area contributed by atoms with Crippen LogP contribution in [0.25, 0.3) is 0 Å². The van der Waals surface area contributed by atoms with Gasteiger partial charge in [-0.1, -0.05) is 31.0 Å². The molecule has 1 aliphatic carbocycles. The molecular weight excluding hydrogens is 254 g/mol. The number of para-hydroxylation sites is 1. The number of amides is 1. The van der Waals surface area contributed by atoms with Crippen molar-refractivity contribution in [1.82, 2.24) is 0 Å². The fourth-order valence-electron chi connectivity index (χ4n) is 2.51. The lowest BCUT2D eigenvalue weighted by Gasteiger charge is -2.15. The first-order chi connectivity index (χ1) is 9.65. The van der Waals surface area contributed by atoms with Gasteiger partial charge in [-0.05, 0) is 37.8 Å². The Morgan fingerprint density at radius 3 is 2.55 bits per heavy atom. The van der Waals surface area contributed by atoms with Gasteiger partial charge in [0.2, 0.25) is 0 Å². The molecular formula is C16H21NO3. The molecule has 1 aromatic rings. The van der Waals surface area contributed by atoms with E-state index in [0.717, 1.165) is 12.8 Å². The zero-order valence-corrected chi connectivity index (χ0v) is 11.8. The molecule has 1 unspecified atom stereocenters. The van der Waals surface area contributed by atoms with Gasteiger partial charge in [0, 0.05) is 12.1 Å². The standard InChI is InChI=1S/C16H21NO3/c1-12(16(19)17-14-9-3-2-4-10-14)20-15(18)11-13-7-5-6-8-13/h2-4,9-10,12-13H,5-8,11H2,1H3,(H,17,19). The van der Waals surface area contributed by atoms with Gasteiger partial charge in [-0.2, -0.15) is 0 Å². The van der Waals surface area contributed by atoms with E-state index in [-0.39, 0.29) is 11.9 Å². The van der Waals surface area contributed by atoms with Crippen molar-refractivity contribution in [2.45, 2.75) is 45.1 Å². The second-order valence-corrected chi connectivity index (χ2v) is 5.34. The van der Waals surface area contributed by atoms with E-state index in [0.29, 0.717) is 18.0 Å². The molecule has 1 aromatic carbocycles. The number of carbonyl (C=O) groups is 2. The van der Waals surface area contributed by atoms with Gasteiger partial charge in [-0.3, -0.25) is 9.59 Å². The summed E-state index contributed by atoms with van der Waals surface area (Å²) in [6, 6.07) is 9.15. The maximum Gasteiger partial charge on any atom is 0.306 e. The SMILES string of the molecule is CC(OC(=O)CC1CCCC1)C(=O)Nc1ccccc1. The average molecular weight is 275 g/mol. The molecule has 0 spiro atoms. The second kappa shape index (κ2) is 7.08. The molecule has 108 valence electrons. The van der Waals surface area contributed by atoms with Gasteiger partial charge >= 0.3 is 5.97 Å². The number of anilines is 1. The Hall–Kier alpha value is -1.84. The fourth-order valence-corrected chi connectivity index (χ4v) is 2.51. The number of rotatable bonds is 5. The predicted molar refractivity (Wildman–Crippen MR) is 77.2 cm³/mol. The van der Waals surface area contributed by atoms with Crippen LogP contribution in [-0.4, -0.2) is 18.0 Å². The van der Waals surface area contributed by atoms with E-state index in [2.05, 4.69) is 5.32 Å². The van der Waals surface area contributed by atoms with Crippen molar-refractivity contribution in [1.29, 1.82) is 0 Å². The lowest BCUT2D eigenvalue weighted by molar-refractivity contribution is -0.154. The molecule has 4 heteroatoms. The topological polar surface area (TPSA) is 55.4 Å². The van der Waals surface area contributed by atoms with Gasteiger partial charge < -0.3 is 10.1 Å². The third-order valence-electron chi connectivity index (χ3n) is 3.65. The fraction of sp³-hybridized carbons (Fsp3) is 0.500. The van der Waals surface area contributed by atoms with Gasteiger partial charge in [0.1, 0.15) is 0 Å². The Bertz CT molecular complexity index is 452. The number of nitrogens with one attached hydrogen (secondary N) is 1. The number of hydrogen-bond acceptors (Lipinski definition) is 3. The van der Waals surface area contributed by atoms with Crippen LogP contribution in [0.1, 0.15) is 39.0 Å². The first-order valence-corrected chi connectivity index (χ1v) is 7.20. The summed E-state index contributed by atoms with van der Waals surface area (Å²) in [6.45, 7) is 1.60. The van der Waals surface area contributed by atoms with Gasteiger partial charge in [-0.25, -0.2) is 0 Å². The first kappa shape index (κ1) is 14.6. The van der Waals surface area contributed by atoms with E-state index < -0.39 is 6.10 Å². The molecule has 0 bridgehead atoms. The number of esters is 1. The highest BCUT2D eigenvalue weighted by molar-refractivity contribution is 5.95. The van der Waals surface area contributed by atoms with Crippen molar-refractivity contribution in [3.8, 4) is 0 Å². The zero-order chi connectivity index (χ0) is 14.4. The third kappa shape index (κ3) is 4.37. The maximum absolute atomic E-state index is 11.9. The molecule has 2 rings (SSSR count). The molecule has 0 saturated heterocycles. The molecule has 1 aliphatic rings. The summed E-state index contributed by atoms with van der Waals surface area (Å²) in [4.78, 5) is 23.7. The van der Waals surface area contributed by atoms with Crippen molar-refractivity contribution >= 4 is 17.6 Å². The van der Waals surface area contributed by atoms with E-state index in [1.165, 1.54) is 12.8 Å². The zero-order valence-electron chi connectivity index (χ0n) is 11.8. The van der Waals surface area contributed by atoms with Crippen molar-refractivity contribution < 1.29 is 14.3 Å². The quantitative estimate of drug-likeness (QED) is 0.840. The Kier molecular flexibility index (Phi) is 5.16. The van der Waals surface area contributed by atoms with E-state index in [1.54, 1.807) is 19.1 Å². The molecule has 0 radical (unpaired) electrons. The van der Waals surface area contributed by atoms with Crippen LogP contribution in [0.3, 0.4) is 0 Å². The summed E-state index contributed by atoms with van der Waals surface area (Å²) in [5.41, 5.74) is 0.705. The Morgan fingerprint density at radius 2 is 1.90 bits per heavy atom. The van der Waals surface area contributed by atoms with Crippen LogP contribution in [0.15, 0.2) is 30.3 Å². The van der Waals surface area contributed by atoms with Crippen LogP contribution in [0.2, 0.25) is 0 Å². The lowest BCUT2D eigenvalue weighted by atomic mass is 10.0. The predicted octanol–water partition coefficient (Wildman–Crippen LogP) is 3.14. The Labute approximate surface area is 119 Å². The molecule has 0 aromatic heterocycles. The molecule has 1 atom stereocenters. The molecule has 4 nitrogen and oxygen atoms in total. The minimum absolute atomic E-state index is 0.271. The molecule has 1 fully saturated rings. The monoisotopic (exact) mass is 275 g/mol. The van der Waals surface area contributed by atoms with Crippen molar-refractivity contribution in [2.24, 2.45) is 5.92 Å². The normalized spacial score (nSPS) is 16.6. The highest BCUT2D eigenvalue weighted by Gasteiger charge is 2.22. The van der Waals surface area contributed by atoms with E-state index in [9.17, 15) is 9.59 Å². The first-order valence-electron chi connectivity index (χ1n) is 7.20. The summed E-state index contributed by atoms with van der Waals surface area (Å²) < 4.78 is 5.20. The summed E-state index contributed by atoms with van der Waals surface area (Å²) in [5, 5.41) is 2.72. The molecule has 0 aliphatic heterocycles. The average Bonchev–Trinajstić information content (AvgIpc) is 2.92. The number of benzene rings is 1. The van der Waals surface area contributed by atoms with Gasteiger partial charge in [0.15, 0.2) is 6.10 Å². The van der Waals surface area contributed by atoms with Gasteiger partial charge in [0.25, 0.3) is 5.91 Å². The van der Waals surface area contributed by atoms with Gasteiger partial charge in [0.05, 0.1) is 0 Å². The largest absolute Gasteiger partial charge is 0.453 e. The van der Waals surface area contributed by atoms with Crippen LogP contribution >= 0.6 is 0 Å². The highest BCUT2D eigenvalue weighted by Crippen LogP contribution is 2.27. The second-order valence-electron chi connectivity index (χ2n) is 5.34. The summed E-state index contributed by atoms with van der Waals surface area (Å²) in [5.74, 6) is -0.129. The van der Waals surface area contributed by atoms with Crippen LogP contribution in [-0.2, 0) is 14.3 Å². The van der Waals surface area contributed by atoms with Crippen molar-refractivity contribution in [2.75, 3.05) is 5.32 Å². The van der Waals surface area contributed by atoms with E-state index in [1.807, 2.05) is 18.2 Å². The number of hydrogen-bond donors (Lipinski definition) is 1. The van der Waals surface area contributed by atoms with Crippen LogP contribution in [0, 0.1) is 5.92 Å². The summed E-state index contributed by atoms with van der Waals surface area (Å²) >= 11 is 0. The number of carbonyl (C=O) groups excluding carboxylic acids is 2. The number of ether oxygens (including phenoxy) is 1. The van der Waals surface area contributed by atoms with Crippen molar-refractivity contribution in [3.63, 3.8) is 0 Å². The van der Waals surface area contributed by atoms with Crippen LogP contribution in [0.4, 0.5) is 5.69 Å². The summed E-state index contributed by atoms with van der Waals surface area (Å²) in [6.07, 6.45) is 4.26. The smallest absolute Gasteiger partial charge is 0.306 e. The van der Waals surface area contributed by atoms with E-state index >= 15 is 0 Å². The van der Waals surface area contributed by atoms with Gasteiger partial charge in [-0.15, -0.1) is 0 Å². The highest BCUT2D eigenvalue weighted by atomic mass is 16.5. The van der Waals surface area contributed by atoms with E-state index in [4.69, 9.17) is 4.74 Å². The molecule has 0 heterocycles. The van der Waals surface area contributed by atoms with Crippen LogP contribution < -0.4 is 5.32 Å². The molecule has 1 saturated carbocycles.